The molecule has 0 radical (unpaired) electrons. The largest absolute Gasteiger partial charge is 0.452 e. The Hall–Kier alpha value is -4.26. The van der Waals surface area contributed by atoms with Crippen LogP contribution in [0.4, 0.5) is 5.69 Å². The molecular formula is C28H28N2O5. The molecule has 0 unspecified atom stereocenters. The number of esters is 1. The van der Waals surface area contributed by atoms with E-state index in [9.17, 15) is 19.2 Å². The van der Waals surface area contributed by atoms with Gasteiger partial charge in [0.05, 0.1) is 12.1 Å². The highest BCUT2D eigenvalue weighted by Crippen LogP contribution is 2.20. The number of para-hydroxylation sites is 1. The lowest BCUT2D eigenvalue weighted by atomic mass is 9.96. The molecule has 0 saturated heterocycles. The third kappa shape index (κ3) is 6.41. The molecule has 0 aliphatic rings. The van der Waals surface area contributed by atoms with Crippen LogP contribution in [0.5, 0.6) is 0 Å². The molecule has 3 aromatic rings. The van der Waals surface area contributed by atoms with E-state index < -0.39 is 24.4 Å². The van der Waals surface area contributed by atoms with Crippen molar-refractivity contribution in [2.45, 2.75) is 27.7 Å². The van der Waals surface area contributed by atoms with Crippen LogP contribution in [0.1, 0.15) is 48.5 Å². The number of nitrogens with one attached hydrogen (secondary N) is 2. The fourth-order valence-corrected chi connectivity index (χ4v) is 3.53. The van der Waals surface area contributed by atoms with E-state index in [1.807, 2.05) is 52.0 Å². The average Bonchev–Trinajstić information content (AvgIpc) is 2.84. The van der Waals surface area contributed by atoms with Gasteiger partial charge in [-0.2, -0.15) is 0 Å². The maximum absolute atomic E-state index is 13.0. The summed E-state index contributed by atoms with van der Waals surface area (Å²) < 4.78 is 5.11. The zero-order valence-electron chi connectivity index (χ0n) is 20.2. The molecule has 0 saturated carbocycles. The molecule has 2 N–H and O–H groups in total. The zero-order valence-corrected chi connectivity index (χ0v) is 20.2. The Morgan fingerprint density at radius 2 is 1.37 bits per heavy atom. The number of rotatable bonds is 8. The molecule has 0 aliphatic heterocycles. The molecule has 35 heavy (non-hydrogen) atoms. The summed E-state index contributed by atoms with van der Waals surface area (Å²) in [6.07, 6.45) is 0. The highest BCUT2D eigenvalue weighted by molar-refractivity contribution is 6.14. The molecule has 2 amide bonds. The number of hydrogen-bond acceptors (Lipinski definition) is 5. The lowest BCUT2D eigenvalue weighted by Gasteiger charge is -2.12. The Morgan fingerprint density at radius 1 is 0.714 bits per heavy atom. The van der Waals surface area contributed by atoms with Crippen molar-refractivity contribution in [3.63, 3.8) is 0 Å². The van der Waals surface area contributed by atoms with Crippen LogP contribution in [-0.4, -0.2) is 36.7 Å². The highest BCUT2D eigenvalue weighted by Gasteiger charge is 2.20. The second kappa shape index (κ2) is 11.2. The van der Waals surface area contributed by atoms with Gasteiger partial charge in [0, 0.05) is 16.8 Å². The second-order valence-corrected chi connectivity index (χ2v) is 8.34. The first-order valence-corrected chi connectivity index (χ1v) is 11.2. The van der Waals surface area contributed by atoms with Gasteiger partial charge in [-0.15, -0.1) is 0 Å². The van der Waals surface area contributed by atoms with Crippen molar-refractivity contribution in [2.75, 3.05) is 18.5 Å². The minimum atomic E-state index is -0.798. The molecule has 3 aromatic carbocycles. The van der Waals surface area contributed by atoms with Gasteiger partial charge in [0.2, 0.25) is 5.91 Å². The smallest absolute Gasteiger partial charge is 0.339 e. The maximum Gasteiger partial charge on any atom is 0.339 e. The minimum Gasteiger partial charge on any atom is -0.452 e. The van der Waals surface area contributed by atoms with Crippen molar-refractivity contribution in [1.82, 2.24) is 5.32 Å². The molecule has 0 fully saturated rings. The van der Waals surface area contributed by atoms with E-state index in [2.05, 4.69) is 10.6 Å². The molecule has 0 aliphatic carbocycles. The average molecular weight is 473 g/mol. The molecule has 7 nitrogen and oxygen atoms in total. The van der Waals surface area contributed by atoms with Crippen LogP contribution in [0, 0.1) is 27.7 Å². The van der Waals surface area contributed by atoms with E-state index >= 15 is 0 Å². The first-order valence-electron chi connectivity index (χ1n) is 11.2. The quantitative estimate of drug-likeness (QED) is 0.380. The van der Waals surface area contributed by atoms with Gasteiger partial charge in [-0.25, -0.2) is 4.79 Å². The van der Waals surface area contributed by atoms with Crippen LogP contribution in [0.2, 0.25) is 0 Å². The van der Waals surface area contributed by atoms with Gasteiger partial charge >= 0.3 is 5.97 Å². The molecule has 180 valence electrons. The Labute approximate surface area is 204 Å². The van der Waals surface area contributed by atoms with E-state index in [0.29, 0.717) is 11.3 Å². The van der Waals surface area contributed by atoms with E-state index in [0.717, 1.165) is 22.3 Å². The SMILES string of the molecule is Cc1ccc(C(=O)c2ccccc2C(=O)OCC(=O)NCC(=O)Nc2c(C)cccc2C)cc1C. The Morgan fingerprint density at radius 3 is 2.03 bits per heavy atom. The lowest BCUT2D eigenvalue weighted by molar-refractivity contribution is -0.126. The predicted molar refractivity (Wildman–Crippen MR) is 134 cm³/mol. The van der Waals surface area contributed by atoms with E-state index in [4.69, 9.17) is 4.74 Å². The van der Waals surface area contributed by atoms with E-state index in [-0.39, 0.29) is 23.5 Å². The molecule has 7 heteroatoms. The van der Waals surface area contributed by atoms with Crippen LogP contribution in [0.15, 0.2) is 60.7 Å². The standard InChI is InChI=1S/C28H28N2O5/c1-17-12-13-21(14-20(17)4)27(33)22-10-5-6-11-23(22)28(34)35-16-25(32)29-15-24(31)30-26-18(2)8-7-9-19(26)3/h5-14H,15-16H2,1-4H3,(H,29,32)(H,30,31). The Kier molecular flexibility index (Phi) is 8.15. The Bertz CT molecular complexity index is 1280. The van der Waals surface area contributed by atoms with Crippen LogP contribution in [-0.2, 0) is 14.3 Å². The predicted octanol–water partition coefficient (Wildman–Crippen LogP) is 4.06. The van der Waals surface area contributed by atoms with Gasteiger partial charge < -0.3 is 15.4 Å². The Balaban J connectivity index is 1.58. The van der Waals surface area contributed by atoms with Crippen molar-refractivity contribution >= 4 is 29.3 Å². The van der Waals surface area contributed by atoms with Crippen LogP contribution in [0.25, 0.3) is 0 Å². The van der Waals surface area contributed by atoms with Crippen molar-refractivity contribution in [1.29, 1.82) is 0 Å². The number of hydrogen-bond donors (Lipinski definition) is 2. The number of aryl methyl sites for hydroxylation is 4. The summed E-state index contributed by atoms with van der Waals surface area (Å²) in [6, 6.07) is 17.3. The van der Waals surface area contributed by atoms with Gasteiger partial charge in [-0.05, 0) is 62.1 Å². The summed E-state index contributed by atoms with van der Waals surface area (Å²) in [6.45, 7) is 6.76. The lowest BCUT2D eigenvalue weighted by Crippen LogP contribution is -2.35. The second-order valence-electron chi connectivity index (χ2n) is 8.34. The summed E-state index contributed by atoms with van der Waals surface area (Å²) in [7, 11) is 0. The van der Waals surface area contributed by atoms with Crippen molar-refractivity contribution < 1.29 is 23.9 Å². The van der Waals surface area contributed by atoms with Gasteiger partial charge in [0.1, 0.15) is 0 Å². The third-order valence-electron chi connectivity index (χ3n) is 5.69. The number of benzene rings is 3. The summed E-state index contributed by atoms with van der Waals surface area (Å²) in [5.74, 6) is -2.14. The normalized spacial score (nSPS) is 10.4. The maximum atomic E-state index is 13.0. The van der Waals surface area contributed by atoms with Crippen molar-refractivity contribution in [3.05, 3.63) is 99.6 Å². The van der Waals surface area contributed by atoms with Gasteiger partial charge in [-0.3, -0.25) is 14.4 Å². The molecule has 3 rings (SSSR count). The molecule has 0 spiro atoms. The molecule has 0 atom stereocenters. The summed E-state index contributed by atoms with van der Waals surface area (Å²) in [4.78, 5) is 50.0. The van der Waals surface area contributed by atoms with E-state index in [1.54, 1.807) is 30.3 Å². The van der Waals surface area contributed by atoms with Gasteiger partial charge in [0.15, 0.2) is 12.4 Å². The number of anilines is 1. The molecular weight excluding hydrogens is 444 g/mol. The summed E-state index contributed by atoms with van der Waals surface area (Å²) >= 11 is 0. The number of ketones is 1. The number of carbonyl (C=O) groups is 4. The first kappa shape index (κ1) is 25.4. The minimum absolute atomic E-state index is 0.0660. The van der Waals surface area contributed by atoms with Crippen molar-refractivity contribution in [3.8, 4) is 0 Å². The van der Waals surface area contributed by atoms with Crippen LogP contribution < -0.4 is 10.6 Å². The van der Waals surface area contributed by atoms with Crippen molar-refractivity contribution in [2.24, 2.45) is 0 Å². The van der Waals surface area contributed by atoms with Gasteiger partial charge in [-0.1, -0.05) is 48.5 Å². The number of ether oxygens (including phenoxy) is 1. The number of carbonyl (C=O) groups excluding carboxylic acids is 4. The summed E-state index contributed by atoms with van der Waals surface area (Å²) in [5, 5.41) is 5.20. The summed E-state index contributed by atoms with van der Waals surface area (Å²) in [5.41, 5.74) is 5.26. The topological polar surface area (TPSA) is 102 Å². The first-order chi connectivity index (χ1) is 16.7. The molecule has 0 bridgehead atoms. The molecule has 0 aromatic heterocycles. The number of amides is 2. The van der Waals surface area contributed by atoms with Gasteiger partial charge in [0.25, 0.3) is 5.91 Å². The monoisotopic (exact) mass is 472 g/mol. The third-order valence-corrected chi connectivity index (χ3v) is 5.69. The van der Waals surface area contributed by atoms with Crippen LogP contribution >= 0.6 is 0 Å². The fourth-order valence-electron chi connectivity index (χ4n) is 3.53. The molecule has 0 heterocycles. The zero-order chi connectivity index (χ0) is 25.5. The fraction of sp³-hybridized carbons (Fsp3) is 0.214. The van der Waals surface area contributed by atoms with E-state index in [1.165, 1.54) is 6.07 Å². The highest BCUT2D eigenvalue weighted by atomic mass is 16.5. The van der Waals surface area contributed by atoms with Crippen LogP contribution in [0.3, 0.4) is 0 Å².